The SMILES string of the molecule is CC(N)Cc1cc(F)ccc1OC(F)(F)F. The van der Waals surface area contributed by atoms with E-state index in [0.29, 0.717) is 0 Å². The predicted molar refractivity (Wildman–Crippen MR) is 50.4 cm³/mol. The van der Waals surface area contributed by atoms with E-state index in [0.717, 1.165) is 18.2 Å². The fourth-order valence-corrected chi connectivity index (χ4v) is 1.28. The molecule has 1 unspecified atom stereocenters. The van der Waals surface area contributed by atoms with Gasteiger partial charge >= 0.3 is 6.36 Å². The second kappa shape index (κ2) is 4.69. The molecule has 2 N–H and O–H groups in total. The molecular formula is C10H11F4NO. The van der Waals surface area contributed by atoms with Gasteiger partial charge < -0.3 is 10.5 Å². The third kappa shape index (κ3) is 4.06. The molecule has 0 amide bonds. The van der Waals surface area contributed by atoms with Gasteiger partial charge in [0.2, 0.25) is 0 Å². The highest BCUT2D eigenvalue weighted by Crippen LogP contribution is 2.27. The molecule has 16 heavy (non-hydrogen) atoms. The van der Waals surface area contributed by atoms with Crippen LogP contribution in [0.25, 0.3) is 0 Å². The maximum atomic E-state index is 12.9. The summed E-state index contributed by atoms with van der Waals surface area (Å²) >= 11 is 0. The minimum absolute atomic E-state index is 0.104. The number of rotatable bonds is 3. The first-order valence-corrected chi connectivity index (χ1v) is 4.57. The number of alkyl halides is 3. The van der Waals surface area contributed by atoms with E-state index in [2.05, 4.69) is 4.74 Å². The third-order valence-electron chi connectivity index (χ3n) is 1.79. The molecule has 0 radical (unpaired) electrons. The summed E-state index contributed by atoms with van der Waals surface area (Å²) < 4.78 is 52.7. The van der Waals surface area contributed by atoms with Gasteiger partial charge in [0.15, 0.2) is 0 Å². The number of ether oxygens (including phenoxy) is 1. The van der Waals surface area contributed by atoms with E-state index >= 15 is 0 Å². The molecule has 0 aliphatic heterocycles. The zero-order valence-corrected chi connectivity index (χ0v) is 8.51. The molecule has 0 fully saturated rings. The molecule has 0 heterocycles. The van der Waals surface area contributed by atoms with Gasteiger partial charge in [-0.2, -0.15) is 0 Å². The van der Waals surface area contributed by atoms with Crippen molar-refractivity contribution in [1.29, 1.82) is 0 Å². The molecule has 2 nitrogen and oxygen atoms in total. The molecule has 1 aromatic rings. The van der Waals surface area contributed by atoms with Crippen molar-refractivity contribution in [2.24, 2.45) is 5.73 Å². The summed E-state index contributed by atoms with van der Waals surface area (Å²) in [6, 6.07) is 2.47. The molecule has 1 rings (SSSR count). The van der Waals surface area contributed by atoms with Crippen LogP contribution in [-0.2, 0) is 6.42 Å². The molecule has 0 saturated carbocycles. The van der Waals surface area contributed by atoms with Crippen LogP contribution in [0.3, 0.4) is 0 Å². The van der Waals surface area contributed by atoms with Gasteiger partial charge in [-0.25, -0.2) is 4.39 Å². The van der Waals surface area contributed by atoms with Gasteiger partial charge in [0.1, 0.15) is 11.6 Å². The van der Waals surface area contributed by atoms with Gasteiger partial charge in [0.05, 0.1) is 0 Å². The summed E-state index contributed by atoms with van der Waals surface area (Å²) in [5, 5.41) is 0. The zero-order chi connectivity index (χ0) is 12.3. The van der Waals surface area contributed by atoms with Crippen LogP contribution in [0.5, 0.6) is 5.75 Å². The van der Waals surface area contributed by atoms with Crippen molar-refractivity contribution >= 4 is 0 Å². The summed E-state index contributed by atoms with van der Waals surface area (Å²) in [5.74, 6) is -1.03. The molecule has 1 aromatic carbocycles. The van der Waals surface area contributed by atoms with Gasteiger partial charge in [-0.15, -0.1) is 13.2 Å². The number of benzene rings is 1. The Balaban J connectivity index is 2.98. The van der Waals surface area contributed by atoms with Gasteiger partial charge in [0.25, 0.3) is 0 Å². The lowest BCUT2D eigenvalue weighted by molar-refractivity contribution is -0.274. The fraction of sp³-hybridized carbons (Fsp3) is 0.400. The smallest absolute Gasteiger partial charge is 0.405 e. The van der Waals surface area contributed by atoms with Gasteiger partial charge in [-0.05, 0) is 37.1 Å². The number of hydrogen-bond acceptors (Lipinski definition) is 2. The van der Waals surface area contributed by atoms with E-state index in [1.165, 1.54) is 0 Å². The van der Waals surface area contributed by atoms with Crippen LogP contribution in [-0.4, -0.2) is 12.4 Å². The van der Waals surface area contributed by atoms with Gasteiger partial charge in [0, 0.05) is 6.04 Å². The second-order valence-corrected chi connectivity index (χ2v) is 3.48. The van der Waals surface area contributed by atoms with E-state index in [1.807, 2.05) is 0 Å². The average molecular weight is 237 g/mol. The van der Waals surface area contributed by atoms with Crippen molar-refractivity contribution in [3.63, 3.8) is 0 Å². The van der Waals surface area contributed by atoms with Crippen molar-refractivity contribution in [3.05, 3.63) is 29.6 Å². The van der Waals surface area contributed by atoms with Crippen LogP contribution < -0.4 is 10.5 Å². The Morgan fingerprint density at radius 2 is 2.00 bits per heavy atom. The molecule has 0 bridgehead atoms. The average Bonchev–Trinajstić information content (AvgIpc) is 2.06. The highest BCUT2D eigenvalue weighted by atomic mass is 19.4. The Labute approximate surface area is 90.0 Å². The largest absolute Gasteiger partial charge is 0.573 e. The molecule has 1 atom stereocenters. The van der Waals surface area contributed by atoms with E-state index in [-0.39, 0.29) is 18.0 Å². The van der Waals surface area contributed by atoms with Crippen molar-refractivity contribution < 1.29 is 22.3 Å². The molecule has 90 valence electrons. The molecule has 6 heteroatoms. The quantitative estimate of drug-likeness (QED) is 0.820. The number of halogens is 4. The van der Waals surface area contributed by atoms with Crippen LogP contribution in [0.2, 0.25) is 0 Å². The summed E-state index contributed by atoms with van der Waals surface area (Å²) in [5.41, 5.74) is 5.55. The van der Waals surface area contributed by atoms with Crippen molar-refractivity contribution in [2.45, 2.75) is 25.7 Å². The van der Waals surface area contributed by atoms with Crippen molar-refractivity contribution in [2.75, 3.05) is 0 Å². The summed E-state index contributed by atoms with van der Waals surface area (Å²) in [7, 11) is 0. The van der Waals surface area contributed by atoms with E-state index in [1.54, 1.807) is 6.92 Å². The van der Waals surface area contributed by atoms with E-state index in [9.17, 15) is 17.6 Å². The molecule has 0 aliphatic rings. The third-order valence-corrected chi connectivity index (χ3v) is 1.79. The normalized spacial score (nSPS) is 13.6. The van der Waals surface area contributed by atoms with Gasteiger partial charge in [-0.3, -0.25) is 0 Å². The minimum Gasteiger partial charge on any atom is -0.405 e. The van der Waals surface area contributed by atoms with Crippen LogP contribution in [0.4, 0.5) is 17.6 Å². The lowest BCUT2D eigenvalue weighted by Crippen LogP contribution is -2.21. The highest BCUT2D eigenvalue weighted by Gasteiger charge is 2.32. The Kier molecular flexibility index (Phi) is 3.74. The van der Waals surface area contributed by atoms with Crippen LogP contribution in [0.1, 0.15) is 12.5 Å². The Hall–Kier alpha value is -1.30. The van der Waals surface area contributed by atoms with Gasteiger partial charge in [-0.1, -0.05) is 0 Å². The molecule has 0 spiro atoms. The Bertz CT molecular complexity index is 362. The van der Waals surface area contributed by atoms with Crippen molar-refractivity contribution in [3.8, 4) is 5.75 Å². The first-order chi connectivity index (χ1) is 7.28. The number of nitrogens with two attached hydrogens (primary N) is 1. The van der Waals surface area contributed by atoms with Crippen LogP contribution >= 0.6 is 0 Å². The minimum atomic E-state index is -4.79. The topological polar surface area (TPSA) is 35.2 Å². The first-order valence-electron chi connectivity index (χ1n) is 4.57. The summed E-state index contributed by atoms with van der Waals surface area (Å²) in [6.45, 7) is 1.61. The van der Waals surface area contributed by atoms with Crippen molar-refractivity contribution in [1.82, 2.24) is 0 Å². The maximum absolute atomic E-state index is 12.9. The van der Waals surface area contributed by atoms with E-state index < -0.39 is 17.9 Å². The molecule has 0 saturated heterocycles. The maximum Gasteiger partial charge on any atom is 0.573 e. The van der Waals surface area contributed by atoms with E-state index in [4.69, 9.17) is 5.73 Å². The molecular weight excluding hydrogens is 226 g/mol. The lowest BCUT2D eigenvalue weighted by Gasteiger charge is -2.14. The molecule has 0 aliphatic carbocycles. The predicted octanol–water partition coefficient (Wildman–Crippen LogP) is 2.61. The lowest BCUT2D eigenvalue weighted by atomic mass is 10.1. The number of hydrogen-bond donors (Lipinski definition) is 1. The standard InChI is InChI=1S/C10H11F4NO/c1-6(15)4-7-5-8(11)2-3-9(7)16-10(12,13)14/h2-3,5-6H,4,15H2,1H3. The van der Waals surface area contributed by atoms with Crippen LogP contribution in [0.15, 0.2) is 18.2 Å². The van der Waals surface area contributed by atoms with Crippen LogP contribution in [0, 0.1) is 5.82 Å². The molecule has 0 aromatic heterocycles. The first kappa shape index (κ1) is 12.8. The second-order valence-electron chi connectivity index (χ2n) is 3.48. The fourth-order valence-electron chi connectivity index (χ4n) is 1.28. The monoisotopic (exact) mass is 237 g/mol. The summed E-state index contributed by atoms with van der Waals surface area (Å²) in [4.78, 5) is 0. The highest BCUT2D eigenvalue weighted by molar-refractivity contribution is 5.34. The Morgan fingerprint density at radius 3 is 2.50 bits per heavy atom. The Morgan fingerprint density at radius 1 is 1.38 bits per heavy atom. The summed E-state index contributed by atoms with van der Waals surface area (Å²) in [6.07, 6.45) is -4.67. The zero-order valence-electron chi connectivity index (χ0n) is 8.51.